The van der Waals surface area contributed by atoms with Gasteiger partial charge in [-0.3, -0.25) is 15.0 Å². The molecular formula is C15H23N3O2. The Morgan fingerprint density at radius 3 is 2.90 bits per heavy atom. The van der Waals surface area contributed by atoms with Crippen LogP contribution in [0.3, 0.4) is 0 Å². The Morgan fingerprint density at radius 2 is 2.25 bits per heavy atom. The van der Waals surface area contributed by atoms with E-state index in [4.69, 9.17) is 0 Å². The van der Waals surface area contributed by atoms with E-state index in [9.17, 15) is 10.1 Å². The maximum absolute atomic E-state index is 11.1. The summed E-state index contributed by atoms with van der Waals surface area (Å²) in [5, 5.41) is 14.0. The van der Waals surface area contributed by atoms with Gasteiger partial charge in [0.1, 0.15) is 5.69 Å². The van der Waals surface area contributed by atoms with Gasteiger partial charge in [0.25, 0.3) is 5.69 Å². The molecule has 0 radical (unpaired) electrons. The number of nitro benzene ring substituents is 1. The molecule has 1 aromatic carbocycles. The summed E-state index contributed by atoms with van der Waals surface area (Å²) in [6.45, 7) is 4.12. The molecule has 1 saturated heterocycles. The van der Waals surface area contributed by atoms with Crippen molar-refractivity contribution in [3.63, 3.8) is 0 Å². The van der Waals surface area contributed by atoms with Crippen molar-refractivity contribution < 1.29 is 4.92 Å². The minimum Gasteiger partial charge on any atom is -0.383 e. The first-order chi connectivity index (χ1) is 9.65. The maximum Gasteiger partial charge on any atom is 0.292 e. The summed E-state index contributed by atoms with van der Waals surface area (Å²) >= 11 is 0. The van der Waals surface area contributed by atoms with Gasteiger partial charge in [0.2, 0.25) is 0 Å². The lowest BCUT2D eigenvalue weighted by Gasteiger charge is -2.35. The lowest BCUT2D eigenvalue weighted by molar-refractivity contribution is -0.384. The molecule has 5 nitrogen and oxygen atoms in total. The number of anilines is 1. The van der Waals surface area contributed by atoms with Crippen LogP contribution in [0.2, 0.25) is 0 Å². The summed E-state index contributed by atoms with van der Waals surface area (Å²) in [4.78, 5) is 13.2. The van der Waals surface area contributed by atoms with Crippen LogP contribution in [-0.2, 0) is 6.54 Å². The average Bonchev–Trinajstić information content (AvgIpc) is 2.47. The van der Waals surface area contributed by atoms with E-state index in [2.05, 4.69) is 17.1 Å². The molecule has 110 valence electrons. The number of hydrogen-bond acceptors (Lipinski definition) is 4. The van der Waals surface area contributed by atoms with Crippen molar-refractivity contribution in [3.05, 3.63) is 33.9 Å². The SMILES string of the molecule is CCC1CCCCN1Cc1ccc(NC)c([N+](=O)[O-])c1. The van der Waals surface area contributed by atoms with Crippen LogP contribution in [0.5, 0.6) is 0 Å². The lowest BCUT2D eigenvalue weighted by Crippen LogP contribution is -2.38. The summed E-state index contributed by atoms with van der Waals surface area (Å²) < 4.78 is 0. The Kier molecular flexibility index (Phi) is 4.95. The Hall–Kier alpha value is -1.62. The van der Waals surface area contributed by atoms with Crippen LogP contribution in [0, 0.1) is 10.1 Å². The Morgan fingerprint density at radius 1 is 1.45 bits per heavy atom. The number of benzene rings is 1. The summed E-state index contributed by atoms with van der Waals surface area (Å²) in [5.74, 6) is 0. The molecule has 1 aromatic rings. The molecule has 2 rings (SSSR count). The monoisotopic (exact) mass is 277 g/mol. The number of likely N-dealkylation sites (tertiary alicyclic amines) is 1. The number of nitrogens with one attached hydrogen (secondary N) is 1. The fraction of sp³-hybridized carbons (Fsp3) is 0.600. The summed E-state index contributed by atoms with van der Waals surface area (Å²) in [6.07, 6.45) is 4.92. The van der Waals surface area contributed by atoms with Gasteiger partial charge in [-0.2, -0.15) is 0 Å². The van der Waals surface area contributed by atoms with Crippen molar-refractivity contribution in [3.8, 4) is 0 Å². The molecule has 0 saturated carbocycles. The third-order valence-electron chi connectivity index (χ3n) is 4.13. The van der Waals surface area contributed by atoms with E-state index >= 15 is 0 Å². The maximum atomic E-state index is 11.1. The van der Waals surface area contributed by atoms with Crippen molar-refractivity contribution >= 4 is 11.4 Å². The predicted molar refractivity (Wildman–Crippen MR) is 81.0 cm³/mol. The third kappa shape index (κ3) is 3.28. The van der Waals surface area contributed by atoms with Crippen LogP contribution in [0.15, 0.2) is 18.2 Å². The summed E-state index contributed by atoms with van der Waals surface area (Å²) in [5.41, 5.74) is 1.76. The zero-order valence-electron chi connectivity index (χ0n) is 12.3. The predicted octanol–water partition coefficient (Wildman–Crippen LogP) is 3.40. The van der Waals surface area contributed by atoms with E-state index in [0.29, 0.717) is 11.7 Å². The number of nitro groups is 1. The van der Waals surface area contributed by atoms with Crippen molar-refractivity contribution in [1.29, 1.82) is 0 Å². The second kappa shape index (κ2) is 6.70. The van der Waals surface area contributed by atoms with Crippen LogP contribution < -0.4 is 5.32 Å². The van der Waals surface area contributed by atoms with E-state index in [1.54, 1.807) is 19.2 Å². The summed E-state index contributed by atoms with van der Waals surface area (Å²) in [6, 6.07) is 6.11. The molecule has 1 fully saturated rings. The van der Waals surface area contributed by atoms with Crippen LogP contribution in [-0.4, -0.2) is 29.5 Å². The fourth-order valence-electron chi connectivity index (χ4n) is 3.00. The Bertz CT molecular complexity index is 476. The van der Waals surface area contributed by atoms with Crippen LogP contribution in [0.1, 0.15) is 38.2 Å². The molecule has 0 spiro atoms. The first-order valence-electron chi connectivity index (χ1n) is 7.34. The summed E-state index contributed by atoms with van der Waals surface area (Å²) in [7, 11) is 1.71. The Balaban J connectivity index is 2.16. The molecule has 0 aromatic heterocycles. The zero-order chi connectivity index (χ0) is 14.5. The van der Waals surface area contributed by atoms with Crippen molar-refractivity contribution in [2.45, 2.75) is 45.2 Å². The second-order valence-corrected chi connectivity index (χ2v) is 5.39. The largest absolute Gasteiger partial charge is 0.383 e. The standard InChI is InChI=1S/C15H23N3O2/c1-3-13-6-4-5-9-17(13)11-12-7-8-14(16-2)15(10-12)18(19)20/h7-8,10,13,16H,3-6,9,11H2,1-2H3. The highest BCUT2D eigenvalue weighted by molar-refractivity contribution is 5.62. The fourth-order valence-corrected chi connectivity index (χ4v) is 3.00. The number of piperidine rings is 1. The van der Waals surface area contributed by atoms with Gasteiger partial charge in [0.05, 0.1) is 4.92 Å². The van der Waals surface area contributed by atoms with Crippen LogP contribution in [0.25, 0.3) is 0 Å². The highest BCUT2D eigenvalue weighted by Crippen LogP contribution is 2.27. The minimum absolute atomic E-state index is 0.162. The number of rotatable bonds is 5. The van der Waals surface area contributed by atoms with Crippen molar-refractivity contribution in [2.75, 3.05) is 18.9 Å². The normalized spacial score (nSPS) is 19.8. The molecule has 1 N–H and O–H groups in total. The molecule has 0 bridgehead atoms. The van der Waals surface area contributed by atoms with Gasteiger partial charge in [-0.15, -0.1) is 0 Å². The number of hydrogen-bond donors (Lipinski definition) is 1. The highest BCUT2D eigenvalue weighted by Gasteiger charge is 2.22. The van der Waals surface area contributed by atoms with Gasteiger partial charge in [0.15, 0.2) is 0 Å². The van der Waals surface area contributed by atoms with E-state index < -0.39 is 0 Å². The second-order valence-electron chi connectivity index (χ2n) is 5.39. The highest BCUT2D eigenvalue weighted by atomic mass is 16.6. The van der Waals surface area contributed by atoms with Gasteiger partial charge in [-0.25, -0.2) is 0 Å². The smallest absolute Gasteiger partial charge is 0.292 e. The minimum atomic E-state index is -0.317. The molecule has 1 atom stereocenters. The molecule has 5 heteroatoms. The van der Waals surface area contributed by atoms with E-state index in [-0.39, 0.29) is 10.6 Å². The van der Waals surface area contributed by atoms with E-state index in [0.717, 1.165) is 25.1 Å². The first kappa shape index (κ1) is 14.8. The van der Waals surface area contributed by atoms with Gasteiger partial charge < -0.3 is 5.32 Å². The number of nitrogens with zero attached hydrogens (tertiary/aromatic N) is 2. The molecular weight excluding hydrogens is 254 g/mol. The lowest BCUT2D eigenvalue weighted by atomic mass is 9.99. The van der Waals surface area contributed by atoms with Crippen LogP contribution >= 0.6 is 0 Å². The van der Waals surface area contributed by atoms with Crippen molar-refractivity contribution in [2.24, 2.45) is 0 Å². The third-order valence-corrected chi connectivity index (χ3v) is 4.13. The molecule has 0 aliphatic carbocycles. The topological polar surface area (TPSA) is 58.4 Å². The average molecular weight is 277 g/mol. The Labute approximate surface area is 120 Å². The van der Waals surface area contributed by atoms with Gasteiger partial charge in [-0.05, 0) is 37.4 Å². The molecule has 1 aliphatic rings. The molecule has 20 heavy (non-hydrogen) atoms. The van der Waals surface area contributed by atoms with Crippen LogP contribution in [0.4, 0.5) is 11.4 Å². The quantitative estimate of drug-likeness (QED) is 0.662. The molecule has 1 unspecified atom stereocenters. The van der Waals surface area contributed by atoms with E-state index in [1.807, 2.05) is 6.07 Å². The van der Waals surface area contributed by atoms with Crippen molar-refractivity contribution in [1.82, 2.24) is 4.90 Å². The first-order valence-corrected chi connectivity index (χ1v) is 7.34. The van der Waals surface area contributed by atoms with Gasteiger partial charge in [0, 0.05) is 25.7 Å². The molecule has 1 aliphatic heterocycles. The van der Waals surface area contributed by atoms with E-state index in [1.165, 1.54) is 19.3 Å². The van der Waals surface area contributed by atoms with Gasteiger partial charge >= 0.3 is 0 Å². The molecule has 1 heterocycles. The zero-order valence-corrected chi connectivity index (χ0v) is 12.3. The van der Waals surface area contributed by atoms with Gasteiger partial charge in [-0.1, -0.05) is 19.4 Å². The molecule has 0 amide bonds.